The lowest BCUT2D eigenvalue weighted by atomic mass is 9.76. The zero-order chi connectivity index (χ0) is 13.0. The molecule has 0 aromatic carbocycles. The molecular weight excluding hydrogens is 240 g/mol. The van der Waals surface area contributed by atoms with Crippen molar-refractivity contribution in [3.05, 3.63) is 0 Å². The maximum absolute atomic E-state index is 3.65. The Kier molecular flexibility index (Phi) is 5.84. The fourth-order valence-corrected chi connectivity index (χ4v) is 5.07. The highest BCUT2D eigenvalue weighted by Crippen LogP contribution is 2.35. The Balaban J connectivity index is 1.91. The molecule has 2 atom stereocenters. The monoisotopic (exact) mass is 270 g/mol. The van der Waals surface area contributed by atoms with Gasteiger partial charge >= 0.3 is 0 Å². The van der Waals surface area contributed by atoms with Crippen LogP contribution in [0.1, 0.15) is 39.0 Å². The van der Waals surface area contributed by atoms with E-state index >= 15 is 0 Å². The molecule has 1 aliphatic carbocycles. The van der Waals surface area contributed by atoms with E-state index in [0.29, 0.717) is 6.04 Å². The molecule has 0 aromatic rings. The zero-order valence-corrected chi connectivity index (χ0v) is 13.1. The first-order valence-electron chi connectivity index (χ1n) is 7.71. The minimum Gasteiger partial charge on any atom is -0.315 e. The van der Waals surface area contributed by atoms with Crippen molar-refractivity contribution >= 4 is 11.8 Å². The average Bonchev–Trinajstić information content (AvgIpc) is 2.42. The van der Waals surface area contributed by atoms with E-state index in [0.717, 1.165) is 17.9 Å². The summed E-state index contributed by atoms with van der Waals surface area (Å²) in [7, 11) is 4.48. The fraction of sp³-hybridized carbons (Fsp3) is 1.00. The molecule has 106 valence electrons. The molecule has 2 rings (SSSR count). The molecule has 3 heteroatoms. The summed E-state index contributed by atoms with van der Waals surface area (Å²) in [5.41, 5.74) is 0. The summed E-state index contributed by atoms with van der Waals surface area (Å²) in [4.78, 5) is 2.59. The van der Waals surface area contributed by atoms with Crippen molar-refractivity contribution in [2.45, 2.75) is 51.1 Å². The highest BCUT2D eigenvalue weighted by Gasteiger charge is 2.34. The molecule has 0 aromatic heterocycles. The predicted octanol–water partition coefficient (Wildman–Crippen LogP) is 2.84. The average molecular weight is 270 g/mol. The number of hydrogen-bond acceptors (Lipinski definition) is 3. The van der Waals surface area contributed by atoms with Crippen LogP contribution in [0.15, 0.2) is 0 Å². The van der Waals surface area contributed by atoms with Gasteiger partial charge in [0.05, 0.1) is 0 Å². The van der Waals surface area contributed by atoms with Gasteiger partial charge in [-0.25, -0.2) is 0 Å². The molecule has 1 saturated carbocycles. The number of nitrogens with zero attached hydrogens (tertiary/aromatic N) is 1. The molecule has 0 amide bonds. The van der Waals surface area contributed by atoms with Crippen LogP contribution in [-0.2, 0) is 0 Å². The van der Waals surface area contributed by atoms with Gasteiger partial charge in [0.25, 0.3) is 0 Å². The van der Waals surface area contributed by atoms with Gasteiger partial charge in [0.1, 0.15) is 0 Å². The van der Waals surface area contributed by atoms with Gasteiger partial charge in [-0.3, -0.25) is 0 Å². The van der Waals surface area contributed by atoms with Gasteiger partial charge in [-0.2, -0.15) is 11.8 Å². The first-order valence-corrected chi connectivity index (χ1v) is 8.87. The second-order valence-corrected chi connectivity index (χ2v) is 7.28. The second-order valence-electron chi connectivity index (χ2n) is 6.13. The van der Waals surface area contributed by atoms with Gasteiger partial charge in [-0.15, -0.1) is 0 Å². The van der Waals surface area contributed by atoms with Gasteiger partial charge in [-0.1, -0.05) is 26.2 Å². The molecule has 0 radical (unpaired) electrons. The standard InChI is InChI=1S/C15H30N2S/c1-4-12-5-7-13(8-6-12)15(16-2)14-11-18-10-9-17(14)3/h12-16H,4-11H2,1-3H3. The molecule has 1 heterocycles. The quantitative estimate of drug-likeness (QED) is 0.846. The SMILES string of the molecule is CCC1CCC(C(NC)C2CSCCN2C)CC1. The molecule has 0 bridgehead atoms. The Labute approximate surface area is 117 Å². The highest BCUT2D eigenvalue weighted by atomic mass is 32.2. The van der Waals surface area contributed by atoms with Crippen LogP contribution >= 0.6 is 11.8 Å². The molecule has 18 heavy (non-hydrogen) atoms. The topological polar surface area (TPSA) is 15.3 Å². The Morgan fingerprint density at radius 3 is 2.56 bits per heavy atom. The lowest BCUT2D eigenvalue weighted by Gasteiger charge is -2.43. The van der Waals surface area contributed by atoms with Crippen molar-refractivity contribution < 1.29 is 0 Å². The normalized spacial score (nSPS) is 36.5. The summed E-state index contributed by atoms with van der Waals surface area (Å²) >= 11 is 2.14. The third kappa shape index (κ3) is 3.43. The van der Waals surface area contributed by atoms with Crippen molar-refractivity contribution in [3.63, 3.8) is 0 Å². The van der Waals surface area contributed by atoms with Gasteiger partial charge in [0, 0.05) is 30.1 Å². The maximum Gasteiger partial charge on any atom is 0.0339 e. The first kappa shape index (κ1) is 14.7. The van der Waals surface area contributed by atoms with E-state index in [-0.39, 0.29) is 0 Å². The molecule has 2 fully saturated rings. The smallest absolute Gasteiger partial charge is 0.0339 e. The number of rotatable bonds is 4. The minimum absolute atomic E-state index is 0.709. The lowest BCUT2D eigenvalue weighted by molar-refractivity contribution is 0.141. The Hall–Kier alpha value is 0.270. The van der Waals surface area contributed by atoms with Crippen LogP contribution < -0.4 is 5.32 Å². The Morgan fingerprint density at radius 2 is 2.00 bits per heavy atom. The first-order chi connectivity index (χ1) is 8.76. The zero-order valence-electron chi connectivity index (χ0n) is 12.3. The van der Waals surface area contributed by atoms with Gasteiger partial charge in [0.15, 0.2) is 0 Å². The highest BCUT2D eigenvalue weighted by molar-refractivity contribution is 7.99. The van der Waals surface area contributed by atoms with Crippen LogP contribution in [0.3, 0.4) is 0 Å². The number of hydrogen-bond donors (Lipinski definition) is 1. The number of nitrogens with one attached hydrogen (secondary N) is 1. The van der Waals surface area contributed by atoms with Crippen molar-refractivity contribution in [1.29, 1.82) is 0 Å². The van der Waals surface area contributed by atoms with Crippen LogP contribution in [0.2, 0.25) is 0 Å². The van der Waals surface area contributed by atoms with E-state index in [1.54, 1.807) is 0 Å². The van der Waals surface area contributed by atoms with Crippen LogP contribution in [0.5, 0.6) is 0 Å². The number of thioether (sulfide) groups is 1. The summed E-state index contributed by atoms with van der Waals surface area (Å²) in [6.07, 6.45) is 7.19. The Bertz CT molecular complexity index is 239. The summed E-state index contributed by atoms with van der Waals surface area (Å²) in [6, 6.07) is 1.46. The van der Waals surface area contributed by atoms with E-state index in [2.05, 4.69) is 43.0 Å². The van der Waals surface area contributed by atoms with E-state index in [1.807, 2.05) is 0 Å². The summed E-state index contributed by atoms with van der Waals surface area (Å²) in [6.45, 7) is 3.61. The van der Waals surface area contributed by atoms with Crippen molar-refractivity contribution in [1.82, 2.24) is 10.2 Å². The summed E-state index contributed by atoms with van der Waals surface area (Å²) < 4.78 is 0. The second kappa shape index (κ2) is 7.16. The molecule has 2 unspecified atom stereocenters. The molecular formula is C15H30N2S. The van der Waals surface area contributed by atoms with Crippen LogP contribution in [0.25, 0.3) is 0 Å². The predicted molar refractivity (Wildman–Crippen MR) is 82.3 cm³/mol. The summed E-state index contributed by atoms with van der Waals surface area (Å²) in [5.74, 6) is 4.54. The molecule has 1 aliphatic heterocycles. The van der Waals surface area contributed by atoms with Crippen molar-refractivity contribution in [2.75, 3.05) is 32.1 Å². The van der Waals surface area contributed by atoms with Crippen LogP contribution in [0.4, 0.5) is 0 Å². The third-order valence-electron chi connectivity index (χ3n) is 5.17. The van der Waals surface area contributed by atoms with Gasteiger partial charge < -0.3 is 10.2 Å². The summed E-state index contributed by atoms with van der Waals surface area (Å²) in [5, 5.41) is 3.65. The third-order valence-corrected chi connectivity index (χ3v) is 6.22. The lowest BCUT2D eigenvalue weighted by Crippen LogP contribution is -2.55. The number of likely N-dealkylation sites (N-methyl/N-ethyl adjacent to an activating group) is 2. The van der Waals surface area contributed by atoms with E-state index in [4.69, 9.17) is 0 Å². The van der Waals surface area contributed by atoms with Gasteiger partial charge in [0.2, 0.25) is 0 Å². The van der Waals surface area contributed by atoms with Crippen LogP contribution in [-0.4, -0.2) is 49.1 Å². The molecule has 0 spiro atoms. The minimum atomic E-state index is 0.709. The maximum atomic E-state index is 3.65. The Morgan fingerprint density at radius 1 is 1.28 bits per heavy atom. The van der Waals surface area contributed by atoms with E-state index in [1.165, 1.54) is 50.2 Å². The largest absolute Gasteiger partial charge is 0.315 e. The van der Waals surface area contributed by atoms with Gasteiger partial charge in [-0.05, 0) is 38.8 Å². The van der Waals surface area contributed by atoms with Crippen LogP contribution in [0, 0.1) is 11.8 Å². The molecule has 2 aliphatic rings. The van der Waals surface area contributed by atoms with E-state index in [9.17, 15) is 0 Å². The van der Waals surface area contributed by atoms with Crippen molar-refractivity contribution in [2.24, 2.45) is 11.8 Å². The van der Waals surface area contributed by atoms with E-state index < -0.39 is 0 Å². The molecule has 2 nitrogen and oxygen atoms in total. The fourth-order valence-electron chi connectivity index (χ4n) is 3.78. The molecule has 1 saturated heterocycles. The van der Waals surface area contributed by atoms with Crippen molar-refractivity contribution in [3.8, 4) is 0 Å². The molecule has 1 N–H and O–H groups in total.